The van der Waals surface area contributed by atoms with E-state index in [2.05, 4.69) is 10.3 Å². The maximum absolute atomic E-state index is 13.0. The lowest BCUT2D eigenvalue weighted by Gasteiger charge is -2.02. The monoisotopic (exact) mass is 258 g/mol. The van der Waals surface area contributed by atoms with Gasteiger partial charge in [-0.25, -0.2) is 9.37 Å². The minimum absolute atomic E-state index is 0.211. The molecule has 0 saturated heterocycles. The van der Waals surface area contributed by atoms with Gasteiger partial charge in [0.1, 0.15) is 17.1 Å². The maximum atomic E-state index is 13.0. The minimum Gasteiger partial charge on any atom is -0.508 e. The topological polar surface area (TPSA) is 58.3 Å². The Morgan fingerprint density at radius 2 is 1.95 bits per heavy atom. The lowest BCUT2D eigenvalue weighted by Crippen LogP contribution is -1.98. The van der Waals surface area contributed by atoms with Crippen molar-refractivity contribution in [3.05, 3.63) is 54.2 Å². The molecule has 0 fully saturated rings. The molecule has 2 aromatic carbocycles. The van der Waals surface area contributed by atoms with E-state index in [4.69, 9.17) is 9.52 Å². The van der Waals surface area contributed by atoms with Gasteiger partial charge in [0.25, 0.3) is 0 Å². The number of aromatic hydroxyl groups is 1. The number of rotatable bonds is 3. The number of benzene rings is 2. The highest BCUT2D eigenvalue weighted by atomic mass is 19.1. The second kappa shape index (κ2) is 4.61. The smallest absolute Gasteiger partial charge is 0.214 e. The van der Waals surface area contributed by atoms with Crippen molar-refractivity contribution in [2.75, 3.05) is 5.32 Å². The number of aromatic nitrogens is 1. The predicted octanol–water partition coefficient (Wildman–Crippen LogP) is 3.28. The highest BCUT2D eigenvalue weighted by Gasteiger charge is 2.06. The molecule has 0 aliphatic heterocycles. The van der Waals surface area contributed by atoms with Crippen LogP contribution >= 0.6 is 0 Å². The Balaban J connectivity index is 1.76. The van der Waals surface area contributed by atoms with Gasteiger partial charge in [0.05, 0.1) is 6.54 Å². The number of hydrogen-bond donors (Lipinski definition) is 2. The average Bonchev–Trinajstić information content (AvgIpc) is 2.80. The maximum Gasteiger partial charge on any atom is 0.214 e. The third kappa shape index (κ3) is 2.49. The first kappa shape index (κ1) is 11.5. The molecule has 5 heteroatoms. The van der Waals surface area contributed by atoms with Crippen LogP contribution in [0.15, 0.2) is 46.9 Å². The second-order valence-corrected chi connectivity index (χ2v) is 4.12. The Labute approximate surface area is 108 Å². The number of nitrogens with one attached hydrogen (secondary N) is 1. The molecule has 3 rings (SSSR count). The quantitative estimate of drug-likeness (QED) is 0.708. The third-order valence-corrected chi connectivity index (χ3v) is 2.70. The van der Waals surface area contributed by atoms with Gasteiger partial charge in [-0.3, -0.25) is 0 Å². The largest absolute Gasteiger partial charge is 0.508 e. The van der Waals surface area contributed by atoms with Crippen molar-refractivity contribution in [3.63, 3.8) is 0 Å². The summed E-state index contributed by atoms with van der Waals surface area (Å²) >= 11 is 0. The van der Waals surface area contributed by atoms with E-state index in [1.807, 2.05) is 0 Å². The molecule has 0 aliphatic rings. The highest BCUT2D eigenvalue weighted by Crippen LogP contribution is 2.18. The van der Waals surface area contributed by atoms with Gasteiger partial charge in [0.15, 0.2) is 5.58 Å². The SMILES string of the molecule is Oc1ccc(NCc2nc3cc(F)ccc3o2)cc1. The van der Waals surface area contributed by atoms with E-state index >= 15 is 0 Å². The summed E-state index contributed by atoms with van der Waals surface area (Å²) in [5.41, 5.74) is 1.90. The Hall–Kier alpha value is -2.56. The summed E-state index contributed by atoms with van der Waals surface area (Å²) in [5, 5.41) is 12.3. The van der Waals surface area contributed by atoms with Crippen molar-refractivity contribution in [1.82, 2.24) is 4.98 Å². The van der Waals surface area contributed by atoms with Gasteiger partial charge in [-0.1, -0.05) is 0 Å². The van der Waals surface area contributed by atoms with Gasteiger partial charge in [0.2, 0.25) is 5.89 Å². The fourth-order valence-electron chi connectivity index (χ4n) is 1.78. The summed E-state index contributed by atoms with van der Waals surface area (Å²) < 4.78 is 18.5. The summed E-state index contributed by atoms with van der Waals surface area (Å²) in [4.78, 5) is 4.19. The van der Waals surface area contributed by atoms with Crippen LogP contribution in [0.5, 0.6) is 5.75 Å². The van der Waals surface area contributed by atoms with Gasteiger partial charge in [-0.2, -0.15) is 0 Å². The number of hydrogen-bond acceptors (Lipinski definition) is 4. The molecule has 0 saturated carbocycles. The van der Waals surface area contributed by atoms with Crippen molar-refractivity contribution in [2.24, 2.45) is 0 Å². The van der Waals surface area contributed by atoms with Crippen LogP contribution in [0.4, 0.5) is 10.1 Å². The second-order valence-electron chi connectivity index (χ2n) is 4.12. The van der Waals surface area contributed by atoms with Crippen molar-refractivity contribution in [1.29, 1.82) is 0 Å². The van der Waals surface area contributed by atoms with Gasteiger partial charge in [-0.05, 0) is 36.4 Å². The average molecular weight is 258 g/mol. The molecule has 0 spiro atoms. The molecule has 2 N–H and O–H groups in total. The molecule has 96 valence electrons. The zero-order valence-corrected chi connectivity index (χ0v) is 9.93. The molecule has 1 aromatic heterocycles. The first-order valence-electron chi connectivity index (χ1n) is 5.78. The fourth-order valence-corrected chi connectivity index (χ4v) is 1.78. The Kier molecular flexibility index (Phi) is 2.79. The van der Waals surface area contributed by atoms with E-state index in [0.717, 1.165) is 5.69 Å². The molecule has 0 unspecified atom stereocenters. The van der Waals surface area contributed by atoms with Crippen LogP contribution in [-0.2, 0) is 6.54 Å². The van der Waals surface area contributed by atoms with Crippen molar-refractivity contribution < 1.29 is 13.9 Å². The van der Waals surface area contributed by atoms with Crippen molar-refractivity contribution in [2.45, 2.75) is 6.54 Å². The number of phenolic OH excluding ortho intramolecular Hbond substituents is 1. The Bertz CT molecular complexity index is 707. The molecule has 0 amide bonds. The third-order valence-electron chi connectivity index (χ3n) is 2.70. The van der Waals surface area contributed by atoms with E-state index < -0.39 is 0 Å². The van der Waals surface area contributed by atoms with E-state index in [0.29, 0.717) is 23.5 Å². The van der Waals surface area contributed by atoms with Crippen molar-refractivity contribution >= 4 is 16.8 Å². The number of phenols is 1. The minimum atomic E-state index is -0.334. The van der Waals surface area contributed by atoms with Crippen LogP contribution in [0.2, 0.25) is 0 Å². The zero-order valence-electron chi connectivity index (χ0n) is 9.93. The van der Waals surface area contributed by atoms with E-state index in [1.54, 1.807) is 30.3 Å². The molecular weight excluding hydrogens is 247 g/mol. The molecule has 0 aliphatic carbocycles. The zero-order chi connectivity index (χ0) is 13.2. The summed E-state index contributed by atoms with van der Waals surface area (Å²) in [6.07, 6.45) is 0. The summed E-state index contributed by atoms with van der Waals surface area (Å²) in [5.74, 6) is 0.357. The van der Waals surface area contributed by atoms with Crippen LogP contribution < -0.4 is 5.32 Å². The van der Waals surface area contributed by atoms with Gasteiger partial charge in [0, 0.05) is 11.8 Å². The molecule has 1 heterocycles. The molecule has 3 aromatic rings. The van der Waals surface area contributed by atoms with E-state index in [1.165, 1.54) is 12.1 Å². The number of oxazole rings is 1. The Morgan fingerprint density at radius 1 is 1.16 bits per heavy atom. The fraction of sp³-hybridized carbons (Fsp3) is 0.0714. The normalized spacial score (nSPS) is 10.8. The van der Waals surface area contributed by atoms with Crippen LogP contribution in [0.1, 0.15) is 5.89 Å². The van der Waals surface area contributed by atoms with Crippen LogP contribution in [-0.4, -0.2) is 10.1 Å². The number of halogens is 1. The first-order valence-corrected chi connectivity index (χ1v) is 5.78. The van der Waals surface area contributed by atoms with Crippen LogP contribution in [0.3, 0.4) is 0 Å². The lowest BCUT2D eigenvalue weighted by molar-refractivity contribution is 0.475. The molecule has 0 radical (unpaired) electrons. The van der Waals surface area contributed by atoms with E-state index in [-0.39, 0.29) is 11.6 Å². The van der Waals surface area contributed by atoms with E-state index in [9.17, 15) is 4.39 Å². The first-order chi connectivity index (χ1) is 9.20. The standard InChI is InChI=1S/C14H11FN2O2/c15-9-1-6-13-12(7-9)17-14(19-13)8-16-10-2-4-11(18)5-3-10/h1-7,16,18H,8H2. The van der Waals surface area contributed by atoms with Gasteiger partial charge in [-0.15, -0.1) is 0 Å². The van der Waals surface area contributed by atoms with Crippen molar-refractivity contribution in [3.8, 4) is 5.75 Å². The number of fused-ring (bicyclic) bond motifs is 1. The summed E-state index contributed by atoms with van der Waals surface area (Å²) in [6.45, 7) is 0.390. The predicted molar refractivity (Wildman–Crippen MR) is 69.4 cm³/mol. The van der Waals surface area contributed by atoms with Gasteiger partial charge < -0.3 is 14.8 Å². The molecule has 0 bridgehead atoms. The highest BCUT2D eigenvalue weighted by molar-refractivity contribution is 5.72. The summed E-state index contributed by atoms with van der Waals surface area (Å²) in [6, 6.07) is 10.9. The van der Waals surface area contributed by atoms with Crippen LogP contribution in [0.25, 0.3) is 11.1 Å². The molecule has 4 nitrogen and oxygen atoms in total. The number of anilines is 1. The molecular formula is C14H11FN2O2. The van der Waals surface area contributed by atoms with Gasteiger partial charge >= 0.3 is 0 Å². The molecule has 0 atom stereocenters. The lowest BCUT2D eigenvalue weighted by atomic mass is 10.3. The van der Waals surface area contributed by atoms with Crippen LogP contribution in [0, 0.1) is 5.82 Å². The number of nitrogens with zero attached hydrogens (tertiary/aromatic N) is 1. The summed E-state index contributed by atoms with van der Waals surface area (Å²) in [7, 11) is 0. The Morgan fingerprint density at radius 3 is 2.74 bits per heavy atom. The molecule has 19 heavy (non-hydrogen) atoms.